The van der Waals surface area contributed by atoms with Crippen molar-refractivity contribution in [2.45, 2.75) is 50.0 Å². The van der Waals surface area contributed by atoms with E-state index < -0.39 is 0 Å². The average molecular weight is 252 g/mol. The summed E-state index contributed by atoms with van der Waals surface area (Å²) in [5.74, 6) is 0.0346. The van der Waals surface area contributed by atoms with Crippen LogP contribution < -0.4 is 5.73 Å². The molecule has 0 aromatic carbocycles. The maximum atomic E-state index is 11.6. The first-order valence-corrected chi connectivity index (χ1v) is 7.00. The van der Waals surface area contributed by atoms with E-state index >= 15 is 0 Å². The van der Waals surface area contributed by atoms with Gasteiger partial charge in [0.1, 0.15) is 5.60 Å². The van der Waals surface area contributed by atoms with Crippen LogP contribution in [0.3, 0.4) is 0 Å². The van der Waals surface area contributed by atoms with Gasteiger partial charge in [0.25, 0.3) is 0 Å². The number of hydrogen-bond donors (Lipinski definition) is 1. The van der Waals surface area contributed by atoms with Crippen molar-refractivity contribution in [3.05, 3.63) is 11.1 Å². The number of thiazole rings is 1. The van der Waals surface area contributed by atoms with Crippen molar-refractivity contribution in [1.82, 2.24) is 4.98 Å². The first-order chi connectivity index (χ1) is 8.20. The zero-order valence-electron chi connectivity index (χ0n) is 9.65. The number of hydrogen-bond acceptors (Lipinski definition) is 5. The van der Waals surface area contributed by atoms with E-state index in [2.05, 4.69) is 4.98 Å². The molecule has 1 aromatic heterocycles. The topological polar surface area (TPSA) is 65.2 Å². The first kappa shape index (κ1) is 11.0. The Morgan fingerprint density at radius 3 is 2.82 bits per heavy atom. The molecule has 0 unspecified atom stereocenters. The van der Waals surface area contributed by atoms with Gasteiger partial charge in [-0.3, -0.25) is 4.79 Å². The molecule has 3 rings (SSSR count). The van der Waals surface area contributed by atoms with Gasteiger partial charge in [0.05, 0.1) is 18.0 Å². The van der Waals surface area contributed by atoms with Crippen molar-refractivity contribution in [2.75, 3.05) is 5.73 Å². The normalized spacial score (nSPS) is 27.3. The zero-order valence-corrected chi connectivity index (χ0v) is 10.5. The number of rotatable bonds is 1. The van der Waals surface area contributed by atoms with Gasteiger partial charge in [-0.2, -0.15) is 0 Å². The first-order valence-electron chi connectivity index (χ1n) is 6.12. The average Bonchev–Trinajstić information content (AvgIpc) is 2.85. The van der Waals surface area contributed by atoms with Crippen LogP contribution >= 0.6 is 11.3 Å². The van der Waals surface area contributed by atoms with Crippen molar-refractivity contribution >= 4 is 22.4 Å². The Labute approximate surface area is 104 Å². The summed E-state index contributed by atoms with van der Waals surface area (Å²) in [6, 6.07) is 0. The molecule has 92 valence electrons. The van der Waals surface area contributed by atoms with Crippen molar-refractivity contribution in [3.8, 4) is 0 Å². The van der Waals surface area contributed by atoms with Crippen LogP contribution in [-0.2, 0) is 9.53 Å². The number of nitrogen functional groups attached to an aromatic ring is 1. The maximum Gasteiger partial charge on any atom is 0.307 e. The number of anilines is 1. The van der Waals surface area contributed by atoms with Crippen LogP contribution in [0.25, 0.3) is 0 Å². The minimum absolute atomic E-state index is 0.0801. The molecule has 1 atom stereocenters. The quantitative estimate of drug-likeness (QED) is 0.780. The molecule has 1 aliphatic heterocycles. The Bertz CT molecular complexity index is 437. The number of nitrogens with two attached hydrogens (primary N) is 1. The van der Waals surface area contributed by atoms with E-state index in [0.717, 1.165) is 31.4 Å². The van der Waals surface area contributed by atoms with Crippen LogP contribution in [0.2, 0.25) is 0 Å². The molecule has 4 nitrogen and oxygen atoms in total. The Hall–Kier alpha value is -1.10. The highest BCUT2D eigenvalue weighted by atomic mass is 32.1. The van der Waals surface area contributed by atoms with Gasteiger partial charge in [-0.15, -0.1) is 11.3 Å². The number of aromatic nitrogens is 1. The summed E-state index contributed by atoms with van der Waals surface area (Å²) in [6.45, 7) is 0. The van der Waals surface area contributed by atoms with Crippen molar-refractivity contribution < 1.29 is 9.53 Å². The highest BCUT2D eigenvalue weighted by molar-refractivity contribution is 7.13. The molecule has 17 heavy (non-hydrogen) atoms. The van der Waals surface area contributed by atoms with Gasteiger partial charge in [-0.25, -0.2) is 4.98 Å². The second-order valence-corrected chi connectivity index (χ2v) is 5.86. The van der Waals surface area contributed by atoms with Crippen LogP contribution in [0.15, 0.2) is 5.38 Å². The van der Waals surface area contributed by atoms with Crippen LogP contribution in [0, 0.1) is 0 Å². The van der Waals surface area contributed by atoms with Gasteiger partial charge in [0, 0.05) is 5.38 Å². The monoisotopic (exact) mass is 252 g/mol. The third-order valence-electron chi connectivity index (χ3n) is 3.92. The van der Waals surface area contributed by atoms with E-state index in [1.54, 1.807) is 0 Å². The van der Waals surface area contributed by atoms with E-state index in [4.69, 9.17) is 10.5 Å². The summed E-state index contributed by atoms with van der Waals surface area (Å²) >= 11 is 1.44. The van der Waals surface area contributed by atoms with Crippen molar-refractivity contribution in [1.29, 1.82) is 0 Å². The highest BCUT2D eigenvalue weighted by Gasteiger charge is 2.50. The lowest BCUT2D eigenvalue weighted by Gasteiger charge is -2.36. The molecule has 0 amide bonds. The van der Waals surface area contributed by atoms with Gasteiger partial charge >= 0.3 is 5.97 Å². The number of esters is 1. The summed E-state index contributed by atoms with van der Waals surface area (Å²) in [4.78, 5) is 16.0. The SMILES string of the molecule is Nc1nc([C@H]2CC(=O)OC23CCCCC3)cs1. The van der Waals surface area contributed by atoms with Gasteiger partial charge in [-0.05, 0) is 25.7 Å². The summed E-state index contributed by atoms with van der Waals surface area (Å²) in [5.41, 5.74) is 6.34. The zero-order chi connectivity index (χ0) is 11.9. The highest BCUT2D eigenvalue weighted by Crippen LogP contribution is 2.49. The van der Waals surface area contributed by atoms with Crippen molar-refractivity contribution in [2.24, 2.45) is 0 Å². The molecular weight excluding hydrogens is 236 g/mol. The molecule has 1 saturated heterocycles. The predicted molar refractivity (Wildman–Crippen MR) is 65.8 cm³/mol. The number of carbonyl (C=O) groups excluding carboxylic acids is 1. The largest absolute Gasteiger partial charge is 0.458 e. The van der Waals surface area contributed by atoms with Crippen molar-refractivity contribution in [3.63, 3.8) is 0 Å². The molecular formula is C12H16N2O2S. The maximum absolute atomic E-state index is 11.6. The molecule has 0 bridgehead atoms. The smallest absolute Gasteiger partial charge is 0.307 e. The molecule has 1 aromatic rings. The molecule has 0 radical (unpaired) electrons. The lowest BCUT2D eigenvalue weighted by molar-refractivity contribution is -0.151. The van der Waals surface area contributed by atoms with E-state index in [1.807, 2.05) is 5.38 Å². The fourth-order valence-electron chi connectivity index (χ4n) is 3.13. The van der Waals surface area contributed by atoms with Gasteiger partial charge in [0.15, 0.2) is 5.13 Å². The van der Waals surface area contributed by atoms with E-state index in [1.165, 1.54) is 17.8 Å². The molecule has 2 aliphatic rings. The van der Waals surface area contributed by atoms with Crippen LogP contribution in [0.4, 0.5) is 5.13 Å². The number of nitrogens with zero attached hydrogens (tertiary/aromatic N) is 1. The molecule has 2 fully saturated rings. The second kappa shape index (κ2) is 3.98. The van der Waals surface area contributed by atoms with E-state index in [9.17, 15) is 4.79 Å². The van der Waals surface area contributed by atoms with E-state index in [0.29, 0.717) is 11.6 Å². The molecule has 1 aliphatic carbocycles. The minimum atomic E-state index is -0.282. The van der Waals surface area contributed by atoms with Crippen LogP contribution in [-0.4, -0.2) is 16.6 Å². The Kier molecular flexibility index (Phi) is 2.58. The molecule has 2 N–H and O–H groups in total. The third kappa shape index (κ3) is 1.82. The Morgan fingerprint density at radius 1 is 1.41 bits per heavy atom. The number of ether oxygens (including phenoxy) is 1. The second-order valence-electron chi connectivity index (χ2n) is 4.97. The standard InChI is InChI=1S/C12H16N2O2S/c13-11-14-9(7-17-11)8-6-10(15)16-12(8)4-2-1-3-5-12/h7-8H,1-6H2,(H2,13,14)/t8-/m1/s1. The fourth-order valence-corrected chi connectivity index (χ4v) is 3.74. The Balaban J connectivity index is 1.93. The summed E-state index contributed by atoms with van der Waals surface area (Å²) in [7, 11) is 0. The van der Waals surface area contributed by atoms with Crippen LogP contribution in [0.1, 0.15) is 50.1 Å². The summed E-state index contributed by atoms with van der Waals surface area (Å²) in [5, 5.41) is 2.54. The lowest BCUT2D eigenvalue weighted by Crippen LogP contribution is -2.36. The van der Waals surface area contributed by atoms with Crippen LogP contribution in [0.5, 0.6) is 0 Å². The van der Waals surface area contributed by atoms with E-state index in [-0.39, 0.29) is 17.5 Å². The van der Waals surface area contributed by atoms with Gasteiger partial charge in [-0.1, -0.05) is 6.42 Å². The minimum Gasteiger partial charge on any atom is -0.458 e. The van der Waals surface area contributed by atoms with Gasteiger partial charge < -0.3 is 10.5 Å². The molecule has 2 heterocycles. The van der Waals surface area contributed by atoms with Gasteiger partial charge in [0.2, 0.25) is 0 Å². The molecule has 1 spiro atoms. The lowest BCUT2D eigenvalue weighted by atomic mass is 9.75. The predicted octanol–water partition coefficient (Wildman–Crippen LogP) is 2.46. The number of carbonyl (C=O) groups is 1. The fraction of sp³-hybridized carbons (Fsp3) is 0.667. The molecule has 1 saturated carbocycles. The summed E-state index contributed by atoms with van der Waals surface area (Å²) < 4.78 is 5.65. The third-order valence-corrected chi connectivity index (χ3v) is 4.61. The Morgan fingerprint density at radius 2 is 2.18 bits per heavy atom. The molecule has 5 heteroatoms. The summed E-state index contributed by atoms with van der Waals surface area (Å²) in [6.07, 6.45) is 5.93.